The van der Waals surface area contributed by atoms with Crippen LogP contribution >= 0.6 is 0 Å². The van der Waals surface area contributed by atoms with E-state index in [4.69, 9.17) is 14.2 Å². The van der Waals surface area contributed by atoms with Gasteiger partial charge < -0.3 is 19.3 Å². The van der Waals surface area contributed by atoms with Gasteiger partial charge in [-0.2, -0.15) is 0 Å². The Morgan fingerprint density at radius 2 is 1.58 bits per heavy atom. The Bertz CT molecular complexity index is 1270. The Kier molecular flexibility index (Phi) is 5.71. The lowest BCUT2D eigenvalue weighted by Crippen LogP contribution is -2.48. The molecule has 1 atom stereocenters. The molecule has 1 N–H and O–H groups in total. The number of carboxylic acids is 1. The fourth-order valence-corrected chi connectivity index (χ4v) is 7.74. The van der Waals surface area contributed by atoms with Crippen molar-refractivity contribution < 1.29 is 24.1 Å². The van der Waals surface area contributed by atoms with Gasteiger partial charge >= 0.3 is 5.97 Å². The van der Waals surface area contributed by atoms with Crippen molar-refractivity contribution in [1.29, 1.82) is 0 Å². The highest BCUT2D eigenvalue weighted by Gasteiger charge is 2.52. The maximum absolute atomic E-state index is 11.3. The molecule has 4 bridgehead atoms. The van der Waals surface area contributed by atoms with Gasteiger partial charge in [0, 0.05) is 23.6 Å². The van der Waals surface area contributed by atoms with E-state index < -0.39 is 5.97 Å². The number of hydrogen-bond donors (Lipinski definition) is 1. The number of carboxylic acid groups (broad SMARTS) is 1. The van der Waals surface area contributed by atoms with Crippen molar-refractivity contribution in [3.05, 3.63) is 59.7 Å². The van der Waals surface area contributed by atoms with Crippen LogP contribution in [0.3, 0.4) is 0 Å². The molecule has 4 saturated carbocycles. The van der Waals surface area contributed by atoms with E-state index in [1.165, 1.54) is 44.1 Å². The van der Waals surface area contributed by atoms with Gasteiger partial charge in [-0.05, 0) is 104 Å². The number of benzene rings is 3. The van der Waals surface area contributed by atoms with E-state index in [1.807, 2.05) is 25.1 Å². The Morgan fingerprint density at radius 3 is 2.14 bits per heavy atom. The van der Waals surface area contributed by atoms with Crippen molar-refractivity contribution in [3.63, 3.8) is 0 Å². The second-order valence-electron chi connectivity index (χ2n) is 11.2. The average molecular weight is 487 g/mol. The van der Waals surface area contributed by atoms with Crippen LogP contribution in [-0.4, -0.2) is 31.6 Å². The first-order valence-corrected chi connectivity index (χ1v) is 13.1. The zero-order valence-corrected chi connectivity index (χ0v) is 21.3. The minimum Gasteiger partial charge on any atom is -0.495 e. The summed E-state index contributed by atoms with van der Waals surface area (Å²) in [4.78, 5) is 11.3. The summed E-state index contributed by atoms with van der Waals surface area (Å²) in [6, 6.07) is 15.6. The molecule has 36 heavy (non-hydrogen) atoms. The first-order valence-electron chi connectivity index (χ1n) is 13.1. The second-order valence-corrected chi connectivity index (χ2v) is 11.2. The van der Waals surface area contributed by atoms with Gasteiger partial charge in [0.1, 0.15) is 11.5 Å². The van der Waals surface area contributed by atoms with Crippen molar-refractivity contribution in [2.24, 2.45) is 17.8 Å². The molecule has 0 amide bonds. The third-order valence-corrected chi connectivity index (χ3v) is 8.95. The van der Waals surface area contributed by atoms with Crippen LogP contribution in [0.2, 0.25) is 0 Å². The van der Waals surface area contributed by atoms with Crippen LogP contribution in [-0.2, 0) is 10.2 Å². The Morgan fingerprint density at radius 1 is 0.944 bits per heavy atom. The topological polar surface area (TPSA) is 65.0 Å². The predicted octanol–water partition coefficient (Wildman–Crippen LogP) is 7.05. The van der Waals surface area contributed by atoms with E-state index in [1.54, 1.807) is 26.4 Å². The molecule has 0 spiro atoms. The highest BCUT2D eigenvalue weighted by molar-refractivity contribution is 5.97. The number of ether oxygens (including phenoxy) is 3. The maximum atomic E-state index is 11.3. The number of aromatic carboxylic acids is 1. The standard InChI is InChI=1S/C31H34O5/c1-18(34-2)36-28-13-24-8-9-25(22-4-6-23(7-5-22)30(32)33)29(35-3)26(24)14-27(28)31-15-19-10-20(16-31)12-21(11-19)17-31/h4-9,13-14,18-21H,10-12,15-17H2,1-3H3,(H,32,33). The number of methoxy groups -OCH3 is 2. The summed E-state index contributed by atoms with van der Waals surface area (Å²) in [5.41, 5.74) is 3.61. The third-order valence-electron chi connectivity index (χ3n) is 8.95. The van der Waals surface area contributed by atoms with E-state index in [2.05, 4.69) is 18.2 Å². The summed E-state index contributed by atoms with van der Waals surface area (Å²) < 4.78 is 17.9. The predicted molar refractivity (Wildman–Crippen MR) is 140 cm³/mol. The van der Waals surface area contributed by atoms with Crippen LogP contribution in [0.25, 0.3) is 21.9 Å². The normalized spacial score (nSPS) is 27.2. The van der Waals surface area contributed by atoms with E-state index in [0.29, 0.717) is 0 Å². The first kappa shape index (κ1) is 23.4. The quantitative estimate of drug-likeness (QED) is 0.362. The Labute approximate surface area is 212 Å². The van der Waals surface area contributed by atoms with Crippen molar-refractivity contribution >= 4 is 16.7 Å². The van der Waals surface area contributed by atoms with Crippen LogP contribution in [0, 0.1) is 17.8 Å². The van der Waals surface area contributed by atoms with Gasteiger partial charge in [-0.15, -0.1) is 0 Å². The minimum atomic E-state index is -0.926. The lowest BCUT2D eigenvalue weighted by atomic mass is 9.48. The van der Waals surface area contributed by atoms with E-state index in [-0.39, 0.29) is 17.3 Å². The fraction of sp³-hybridized carbons (Fsp3) is 0.452. The monoisotopic (exact) mass is 486 g/mol. The first-order chi connectivity index (χ1) is 17.4. The summed E-state index contributed by atoms with van der Waals surface area (Å²) in [5, 5.41) is 11.4. The van der Waals surface area contributed by atoms with Gasteiger partial charge in [0.2, 0.25) is 0 Å². The lowest BCUT2D eigenvalue weighted by molar-refractivity contribution is -0.0435. The number of hydrogen-bond acceptors (Lipinski definition) is 4. The van der Waals surface area contributed by atoms with Crippen molar-refractivity contribution in [1.82, 2.24) is 0 Å². The molecule has 4 aliphatic carbocycles. The molecule has 1 unspecified atom stereocenters. The highest BCUT2D eigenvalue weighted by Crippen LogP contribution is 2.62. The highest BCUT2D eigenvalue weighted by atomic mass is 16.7. The maximum Gasteiger partial charge on any atom is 0.335 e. The molecular formula is C31H34O5. The summed E-state index contributed by atoms with van der Waals surface area (Å²) >= 11 is 0. The average Bonchev–Trinajstić information content (AvgIpc) is 2.86. The molecule has 0 aromatic heterocycles. The molecule has 0 heterocycles. The zero-order chi connectivity index (χ0) is 25.0. The van der Waals surface area contributed by atoms with Crippen LogP contribution < -0.4 is 9.47 Å². The number of fused-ring (bicyclic) bond motifs is 1. The number of carbonyl (C=O) groups is 1. The molecule has 5 heteroatoms. The SMILES string of the molecule is COc1c(-c2ccc(C(=O)O)cc2)ccc2cc(OC(C)OC)c(C34CC5CC(CC(C5)C3)C4)cc12. The number of rotatable bonds is 7. The van der Waals surface area contributed by atoms with E-state index in [9.17, 15) is 9.90 Å². The summed E-state index contributed by atoms with van der Waals surface area (Å²) in [7, 11) is 3.40. The Balaban J connectivity index is 1.52. The van der Waals surface area contributed by atoms with Crippen molar-refractivity contribution in [2.75, 3.05) is 14.2 Å². The van der Waals surface area contributed by atoms with Crippen molar-refractivity contribution in [2.45, 2.75) is 57.2 Å². The molecule has 0 radical (unpaired) electrons. The fourth-order valence-electron chi connectivity index (χ4n) is 7.74. The molecule has 7 rings (SSSR count). The van der Waals surface area contributed by atoms with Crippen LogP contribution in [0.1, 0.15) is 61.4 Å². The summed E-state index contributed by atoms with van der Waals surface area (Å²) in [6.45, 7) is 1.94. The van der Waals surface area contributed by atoms with Crippen LogP contribution in [0.15, 0.2) is 48.5 Å². The van der Waals surface area contributed by atoms with Crippen LogP contribution in [0.5, 0.6) is 11.5 Å². The lowest BCUT2D eigenvalue weighted by Gasteiger charge is -2.57. The molecule has 4 fully saturated rings. The van der Waals surface area contributed by atoms with Crippen LogP contribution in [0.4, 0.5) is 0 Å². The van der Waals surface area contributed by atoms with Gasteiger partial charge in [0.25, 0.3) is 0 Å². The molecule has 5 nitrogen and oxygen atoms in total. The van der Waals surface area contributed by atoms with Gasteiger partial charge in [0.15, 0.2) is 6.29 Å². The molecule has 3 aromatic rings. The van der Waals surface area contributed by atoms with Gasteiger partial charge in [-0.25, -0.2) is 4.79 Å². The largest absolute Gasteiger partial charge is 0.495 e. The van der Waals surface area contributed by atoms with Gasteiger partial charge in [0.05, 0.1) is 12.7 Å². The Hall–Kier alpha value is -3.05. The molecular weight excluding hydrogens is 452 g/mol. The molecule has 4 aliphatic rings. The van der Waals surface area contributed by atoms with Gasteiger partial charge in [-0.1, -0.05) is 24.3 Å². The molecule has 188 valence electrons. The zero-order valence-electron chi connectivity index (χ0n) is 21.3. The minimum absolute atomic E-state index is 0.149. The third kappa shape index (κ3) is 3.85. The summed E-state index contributed by atoms with van der Waals surface area (Å²) in [6.07, 6.45) is 7.54. The molecule has 3 aromatic carbocycles. The van der Waals surface area contributed by atoms with E-state index in [0.717, 1.165) is 51.2 Å². The van der Waals surface area contributed by atoms with E-state index >= 15 is 0 Å². The molecule has 0 saturated heterocycles. The second kappa shape index (κ2) is 8.81. The van der Waals surface area contributed by atoms with Crippen molar-refractivity contribution in [3.8, 4) is 22.6 Å². The van der Waals surface area contributed by atoms with Gasteiger partial charge in [-0.3, -0.25) is 0 Å². The smallest absolute Gasteiger partial charge is 0.335 e. The summed E-state index contributed by atoms with van der Waals surface area (Å²) in [5.74, 6) is 3.28. The molecule has 0 aliphatic heterocycles.